The van der Waals surface area contributed by atoms with Crippen molar-refractivity contribution in [3.8, 4) is 11.3 Å². The van der Waals surface area contributed by atoms with Gasteiger partial charge in [0.1, 0.15) is 11.2 Å². The number of hydrogen-bond donors (Lipinski definition) is 1. The van der Waals surface area contributed by atoms with Crippen LogP contribution in [0.25, 0.3) is 11.3 Å². The Morgan fingerprint density at radius 3 is 2.52 bits per heavy atom. The van der Waals surface area contributed by atoms with Crippen LogP contribution in [0.1, 0.15) is 48.0 Å². The standard InChI is InChI=1S/C25H27N3O2S/c1-25(24(30)26-19-10-5-6-11-19)17-27-21(18-8-3-2-4-9-18)13-14-22(27)23(29)28(25)16-20-12-7-15-31-20/h2-4,7-9,12-15,19H,5-6,10-11,16-17H2,1H3,(H,26,30)/t25-/m1/s1. The summed E-state index contributed by atoms with van der Waals surface area (Å²) < 4.78 is 2.02. The first-order chi connectivity index (χ1) is 15.1. The first-order valence-electron chi connectivity index (χ1n) is 11.0. The quantitative estimate of drug-likeness (QED) is 0.635. The zero-order valence-electron chi connectivity index (χ0n) is 17.7. The highest BCUT2D eigenvalue weighted by molar-refractivity contribution is 7.09. The summed E-state index contributed by atoms with van der Waals surface area (Å²) in [5, 5.41) is 5.27. The van der Waals surface area contributed by atoms with E-state index in [0.717, 1.165) is 41.8 Å². The molecule has 5 nitrogen and oxygen atoms in total. The van der Waals surface area contributed by atoms with E-state index in [2.05, 4.69) is 5.32 Å². The lowest BCUT2D eigenvalue weighted by Gasteiger charge is -2.44. The van der Waals surface area contributed by atoms with E-state index in [-0.39, 0.29) is 17.9 Å². The average molecular weight is 434 g/mol. The maximum Gasteiger partial charge on any atom is 0.271 e. The van der Waals surface area contributed by atoms with Crippen molar-refractivity contribution < 1.29 is 9.59 Å². The van der Waals surface area contributed by atoms with E-state index in [9.17, 15) is 9.59 Å². The van der Waals surface area contributed by atoms with Crippen molar-refractivity contribution in [3.63, 3.8) is 0 Å². The Balaban J connectivity index is 1.55. The number of carbonyl (C=O) groups is 2. The van der Waals surface area contributed by atoms with Crippen LogP contribution in [0, 0.1) is 0 Å². The third kappa shape index (κ3) is 3.59. The van der Waals surface area contributed by atoms with Gasteiger partial charge in [-0.15, -0.1) is 11.3 Å². The fraction of sp³-hybridized carbons (Fsp3) is 0.360. The topological polar surface area (TPSA) is 54.3 Å². The number of hydrogen-bond acceptors (Lipinski definition) is 3. The van der Waals surface area contributed by atoms with Crippen LogP contribution in [0.2, 0.25) is 0 Å². The van der Waals surface area contributed by atoms with Crippen LogP contribution < -0.4 is 5.32 Å². The van der Waals surface area contributed by atoms with E-state index in [1.165, 1.54) is 0 Å². The van der Waals surface area contributed by atoms with Crippen LogP contribution >= 0.6 is 11.3 Å². The summed E-state index contributed by atoms with van der Waals surface area (Å²) in [4.78, 5) is 30.2. The molecule has 2 aliphatic rings. The number of rotatable bonds is 5. The molecule has 0 saturated heterocycles. The average Bonchev–Trinajstić information content (AvgIpc) is 3.54. The zero-order valence-corrected chi connectivity index (χ0v) is 18.5. The van der Waals surface area contributed by atoms with Gasteiger partial charge in [0, 0.05) is 16.6 Å². The highest BCUT2D eigenvalue weighted by Crippen LogP contribution is 2.35. The third-order valence-corrected chi connectivity index (χ3v) is 7.51. The molecule has 1 aliphatic carbocycles. The van der Waals surface area contributed by atoms with Crippen LogP contribution in [-0.4, -0.2) is 32.9 Å². The van der Waals surface area contributed by atoms with Crippen molar-refractivity contribution in [2.24, 2.45) is 0 Å². The van der Waals surface area contributed by atoms with E-state index < -0.39 is 5.54 Å². The lowest BCUT2D eigenvalue weighted by Crippen LogP contribution is -2.64. The number of thiophene rings is 1. The smallest absolute Gasteiger partial charge is 0.271 e. The van der Waals surface area contributed by atoms with Crippen LogP contribution in [0.3, 0.4) is 0 Å². The molecule has 6 heteroatoms. The number of carbonyl (C=O) groups excluding carboxylic acids is 2. The molecule has 0 unspecified atom stereocenters. The van der Waals surface area contributed by atoms with Gasteiger partial charge in [-0.05, 0) is 48.9 Å². The number of amides is 2. The van der Waals surface area contributed by atoms with Gasteiger partial charge in [-0.3, -0.25) is 9.59 Å². The second-order valence-electron chi connectivity index (χ2n) is 8.76. The molecule has 3 heterocycles. The summed E-state index contributed by atoms with van der Waals surface area (Å²) >= 11 is 1.61. The van der Waals surface area contributed by atoms with E-state index in [0.29, 0.717) is 18.8 Å². The lowest BCUT2D eigenvalue weighted by molar-refractivity contribution is -0.133. The van der Waals surface area contributed by atoms with Gasteiger partial charge < -0.3 is 14.8 Å². The van der Waals surface area contributed by atoms with Crippen molar-refractivity contribution in [1.29, 1.82) is 0 Å². The first kappa shape index (κ1) is 20.1. The van der Waals surface area contributed by atoms with Crippen molar-refractivity contribution in [3.05, 3.63) is 70.5 Å². The molecule has 160 valence electrons. The molecule has 2 aromatic heterocycles. The van der Waals surface area contributed by atoms with Crippen LogP contribution in [-0.2, 0) is 17.9 Å². The number of nitrogens with one attached hydrogen (secondary N) is 1. The molecule has 2 amide bonds. The summed E-state index contributed by atoms with van der Waals surface area (Å²) in [5.41, 5.74) is 1.70. The number of fused-ring (bicyclic) bond motifs is 1. The van der Waals surface area contributed by atoms with Crippen LogP contribution in [0.15, 0.2) is 60.0 Å². The Bertz CT molecular complexity index is 1080. The maximum atomic E-state index is 13.7. The van der Waals surface area contributed by atoms with Gasteiger partial charge in [-0.1, -0.05) is 49.2 Å². The predicted molar refractivity (Wildman–Crippen MR) is 123 cm³/mol. The van der Waals surface area contributed by atoms with Crippen molar-refractivity contribution >= 4 is 23.2 Å². The molecule has 0 spiro atoms. The number of aromatic nitrogens is 1. The SMILES string of the molecule is C[C@]1(C(=O)NC2CCCC2)Cn2c(ccc2-c2ccccc2)C(=O)N1Cc1cccs1. The summed E-state index contributed by atoms with van der Waals surface area (Å²) in [6.45, 7) is 2.80. The molecule has 5 rings (SSSR count). The highest BCUT2D eigenvalue weighted by atomic mass is 32.1. The molecule has 31 heavy (non-hydrogen) atoms. The molecule has 3 aromatic rings. The normalized spacial score (nSPS) is 21.3. The summed E-state index contributed by atoms with van der Waals surface area (Å²) in [6.07, 6.45) is 4.34. The lowest BCUT2D eigenvalue weighted by atomic mass is 9.93. The number of nitrogens with zero attached hydrogens (tertiary/aromatic N) is 2. The summed E-state index contributed by atoms with van der Waals surface area (Å²) in [7, 11) is 0. The molecule has 0 bridgehead atoms. The molecular formula is C25H27N3O2S. The minimum absolute atomic E-state index is 0.0531. The van der Waals surface area contributed by atoms with Crippen molar-refractivity contribution in [1.82, 2.24) is 14.8 Å². The fourth-order valence-corrected chi connectivity index (χ4v) is 5.54. The van der Waals surface area contributed by atoms with E-state index in [1.807, 2.05) is 71.5 Å². The maximum absolute atomic E-state index is 13.7. The van der Waals surface area contributed by atoms with Crippen molar-refractivity contribution in [2.45, 2.75) is 57.3 Å². The molecule has 1 atom stereocenters. The van der Waals surface area contributed by atoms with E-state index in [1.54, 1.807) is 16.2 Å². The van der Waals surface area contributed by atoms with Gasteiger partial charge in [-0.25, -0.2) is 0 Å². The Hall–Kier alpha value is -2.86. The summed E-state index contributed by atoms with van der Waals surface area (Å²) in [5.74, 6) is -0.145. The van der Waals surface area contributed by atoms with Crippen molar-refractivity contribution in [2.75, 3.05) is 0 Å². The van der Waals surface area contributed by atoms with Crippen LogP contribution in [0.4, 0.5) is 0 Å². The number of benzene rings is 1. The zero-order chi connectivity index (χ0) is 21.4. The van der Waals surface area contributed by atoms with Gasteiger partial charge in [0.25, 0.3) is 5.91 Å². The Morgan fingerprint density at radius 2 is 1.81 bits per heavy atom. The highest BCUT2D eigenvalue weighted by Gasteiger charge is 2.48. The second kappa shape index (κ2) is 8.00. The largest absolute Gasteiger partial charge is 0.351 e. The van der Waals surface area contributed by atoms with Gasteiger partial charge in [-0.2, -0.15) is 0 Å². The van der Waals surface area contributed by atoms with Gasteiger partial charge in [0.2, 0.25) is 5.91 Å². The van der Waals surface area contributed by atoms with Gasteiger partial charge in [0.05, 0.1) is 13.1 Å². The summed E-state index contributed by atoms with van der Waals surface area (Å²) in [6, 6.07) is 18.2. The molecule has 1 saturated carbocycles. The van der Waals surface area contributed by atoms with Gasteiger partial charge in [0.15, 0.2) is 0 Å². The minimum Gasteiger partial charge on any atom is -0.351 e. The molecule has 1 fully saturated rings. The molecule has 1 aliphatic heterocycles. The Morgan fingerprint density at radius 1 is 1.06 bits per heavy atom. The predicted octanol–water partition coefficient (Wildman–Crippen LogP) is 4.69. The Labute approximate surface area is 186 Å². The molecule has 1 N–H and O–H groups in total. The fourth-order valence-electron chi connectivity index (χ4n) is 4.85. The Kier molecular flexibility index (Phi) is 5.18. The van der Waals surface area contributed by atoms with E-state index in [4.69, 9.17) is 0 Å². The minimum atomic E-state index is -0.959. The molecule has 0 radical (unpaired) electrons. The van der Waals surface area contributed by atoms with E-state index >= 15 is 0 Å². The van der Waals surface area contributed by atoms with Gasteiger partial charge >= 0.3 is 0 Å². The molecule has 1 aromatic carbocycles. The van der Waals surface area contributed by atoms with Crippen LogP contribution in [0.5, 0.6) is 0 Å². The third-order valence-electron chi connectivity index (χ3n) is 6.65. The monoisotopic (exact) mass is 433 g/mol. The second-order valence-corrected chi connectivity index (χ2v) is 9.79. The molecular weight excluding hydrogens is 406 g/mol. The first-order valence-corrected chi connectivity index (χ1v) is 11.8.